The van der Waals surface area contributed by atoms with E-state index in [9.17, 15) is 9.59 Å². The number of rotatable bonds is 9. The Bertz CT molecular complexity index is 1130. The molecule has 2 amide bonds. The van der Waals surface area contributed by atoms with Crippen LogP contribution in [-0.4, -0.2) is 41.6 Å². The lowest BCUT2D eigenvalue weighted by molar-refractivity contribution is -0.118. The van der Waals surface area contributed by atoms with Crippen LogP contribution in [0.5, 0.6) is 17.2 Å². The average Bonchev–Trinajstić information content (AvgIpc) is 3.13. The number of aromatic nitrogens is 1. The Kier molecular flexibility index (Phi) is 7.36. The summed E-state index contributed by atoms with van der Waals surface area (Å²) in [5.74, 6) is 2.51. The van der Waals surface area contributed by atoms with E-state index in [1.165, 1.54) is 0 Å². The predicted molar refractivity (Wildman–Crippen MR) is 130 cm³/mol. The second-order valence-electron chi connectivity index (χ2n) is 7.38. The molecule has 1 N–H and O–H groups in total. The maximum atomic E-state index is 11.7. The quantitative estimate of drug-likeness (QED) is 0.461. The highest BCUT2D eigenvalue weighted by molar-refractivity contribution is 8.15. The van der Waals surface area contributed by atoms with Gasteiger partial charge in [-0.25, -0.2) is 4.98 Å². The summed E-state index contributed by atoms with van der Waals surface area (Å²) in [4.78, 5) is 29.4. The molecule has 0 saturated carbocycles. The van der Waals surface area contributed by atoms with Crippen molar-refractivity contribution in [3.8, 4) is 17.2 Å². The molecule has 9 heteroatoms. The maximum absolute atomic E-state index is 11.7. The number of amides is 2. The van der Waals surface area contributed by atoms with E-state index < -0.39 is 0 Å². The van der Waals surface area contributed by atoms with Crippen LogP contribution in [0.15, 0.2) is 66.9 Å². The number of imide groups is 1. The van der Waals surface area contributed by atoms with Crippen LogP contribution >= 0.6 is 23.4 Å². The zero-order valence-corrected chi connectivity index (χ0v) is 19.4. The molecule has 2 heterocycles. The largest absolute Gasteiger partial charge is 0.492 e. The van der Waals surface area contributed by atoms with Crippen LogP contribution < -0.4 is 19.7 Å². The highest BCUT2D eigenvalue weighted by Crippen LogP contribution is 2.30. The summed E-state index contributed by atoms with van der Waals surface area (Å²) >= 11 is 6.97. The average molecular weight is 484 g/mol. The summed E-state index contributed by atoms with van der Waals surface area (Å²) in [6, 6.07) is 18.4. The number of hydrogen-bond donors (Lipinski definition) is 1. The van der Waals surface area contributed by atoms with Crippen LogP contribution in [0.2, 0.25) is 5.02 Å². The topological polar surface area (TPSA) is 80.8 Å². The molecule has 1 fully saturated rings. The number of benzene rings is 2. The van der Waals surface area contributed by atoms with Gasteiger partial charge in [-0.15, -0.1) is 0 Å². The molecule has 1 aliphatic rings. The third-order valence-electron chi connectivity index (χ3n) is 4.96. The van der Waals surface area contributed by atoms with Gasteiger partial charge in [0.15, 0.2) is 11.6 Å². The Hall–Kier alpha value is -3.23. The van der Waals surface area contributed by atoms with E-state index in [0.717, 1.165) is 23.1 Å². The van der Waals surface area contributed by atoms with Crippen molar-refractivity contribution in [2.24, 2.45) is 0 Å². The number of hydrogen-bond acceptors (Lipinski definition) is 7. The van der Waals surface area contributed by atoms with Crippen LogP contribution in [0.25, 0.3) is 0 Å². The van der Waals surface area contributed by atoms with Gasteiger partial charge >= 0.3 is 0 Å². The summed E-state index contributed by atoms with van der Waals surface area (Å²) in [5, 5.41) is 2.29. The van der Waals surface area contributed by atoms with Crippen molar-refractivity contribution >= 4 is 40.3 Å². The molecule has 1 saturated heterocycles. The van der Waals surface area contributed by atoms with Crippen LogP contribution in [0.1, 0.15) is 5.56 Å². The minimum Gasteiger partial charge on any atom is -0.492 e. The molecular weight excluding hydrogens is 462 g/mol. The smallest absolute Gasteiger partial charge is 0.286 e. The zero-order chi connectivity index (χ0) is 23.2. The van der Waals surface area contributed by atoms with Crippen LogP contribution in [-0.2, 0) is 11.2 Å². The van der Waals surface area contributed by atoms with E-state index in [1.807, 2.05) is 60.5 Å². The second kappa shape index (κ2) is 10.6. The van der Waals surface area contributed by atoms with Crippen molar-refractivity contribution in [1.82, 2.24) is 10.3 Å². The van der Waals surface area contributed by atoms with Gasteiger partial charge in [-0.2, -0.15) is 0 Å². The molecule has 4 rings (SSSR count). The molecule has 2 aromatic carbocycles. The fourth-order valence-electron chi connectivity index (χ4n) is 3.25. The first-order valence-corrected chi connectivity index (χ1v) is 11.6. The number of pyridine rings is 1. The van der Waals surface area contributed by atoms with Crippen molar-refractivity contribution < 1.29 is 19.1 Å². The Morgan fingerprint density at radius 1 is 1.06 bits per heavy atom. The number of anilines is 1. The van der Waals surface area contributed by atoms with Gasteiger partial charge in [-0.05, 0) is 60.5 Å². The minimum atomic E-state index is -0.374. The van der Waals surface area contributed by atoms with E-state index >= 15 is 0 Å². The number of thioether (sulfide) groups is 1. The summed E-state index contributed by atoms with van der Waals surface area (Å²) in [6.07, 6.45) is 2.22. The van der Waals surface area contributed by atoms with Gasteiger partial charge in [0.05, 0.1) is 11.8 Å². The first-order valence-electron chi connectivity index (χ1n) is 10.3. The van der Waals surface area contributed by atoms with Gasteiger partial charge in [-0.3, -0.25) is 14.9 Å². The van der Waals surface area contributed by atoms with Crippen molar-refractivity contribution in [3.05, 3.63) is 77.4 Å². The molecule has 1 aliphatic heterocycles. The molecule has 7 nitrogen and oxygen atoms in total. The summed E-state index contributed by atoms with van der Waals surface area (Å²) in [6.45, 7) is 1.04. The number of likely N-dealkylation sites (N-methyl/N-ethyl adjacent to an activating group) is 1. The van der Waals surface area contributed by atoms with E-state index in [1.54, 1.807) is 18.3 Å². The molecule has 170 valence electrons. The fourth-order valence-corrected chi connectivity index (χ4v) is 4.23. The lowest BCUT2D eigenvalue weighted by atomic mass is 10.1. The molecule has 0 radical (unpaired) electrons. The van der Waals surface area contributed by atoms with Gasteiger partial charge in [0.1, 0.15) is 18.1 Å². The molecule has 0 spiro atoms. The van der Waals surface area contributed by atoms with Gasteiger partial charge < -0.3 is 14.4 Å². The maximum Gasteiger partial charge on any atom is 0.286 e. The molecular formula is C24H22ClN3O4S. The van der Waals surface area contributed by atoms with Gasteiger partial charge in [0.2, 0.25) is 5.91 Å². The Morgan fingerprint density at radius 2 is 1.79 bits per heavy atom. The number of nitrogens with zero attached hydrogens (tertiary/aromatic N) is 2. The molecule has 0 aliphatic carbocycles. The molecule has 33 heavy (non-hydrogen) atoms. The number of carbonyl (C=O) groups is 2. The molecule has 1 unspecified atom stereocenters. The highest BCUT2D eigenvalue weighted by atomic mass is 35.5. The van der Waals surface area contributed by atoms with Crippen molar-refractivity contribution in [1.29, 1.82) is 0 Å². The van der Waals surface area contributed by atoms with Crippen LogP contribution in [0.4, 0.5) is 10.6 Å². The molecule has 1 aromatic heterocycles. The van der Waals surface area contributed by atoms with Crippen LogP contribution in [0.3, 0.4) is 0 Å². The van der Waals surface area contributed by atoms with Crippen molar-refractivity contribution in [3.63, 3.8) is 0 Å². The Morgan fingerprint density at radius 3 is 2.48 bits per heavy atom. The molecule has 0 bridgehead atoms. The fraction of sp³-hybridized carbons (Fsp3) is 0.208. The number of nitrogens with one attached hydrogen (secondary N) is 1. The predicted octanol–water partition coefficient (Wildman–Crippen LogP) is 4.94. The number of carbonyl (C=O) groups excluding carboxylic acids is 2. The lowest BCUT2D eigenvalue weighted by Gasteiger charge is -2.21. The Labute approximate surface area is 201 Å². The molecule has 3 aromatic rings. The first-order chi connectivity index (χ1) is 16.0. The number of ether oxygens (including phenoxy) is 2. The summed E-state index contributed by atoms with van der Waals surface area (Å²) < 4.78 is 11.8. The minimum absolute atomic E-state index is 0.234. The van der Waals surface area contributed by atoms with Gasteiger partial charge in [-0.1, -0.05) is 35.5 Å². The third-order valence-corrected chi connectivity index (χ3v) is 6.19. The zero-order valence-electron chi connectivity index (χ0n) is 17.9. The Balaban J connectivity index is 1.29. The SMILES string of the molecule is CN(CCOc1ccc(CC2SC(=O)NC2=O)cc1)c1ncccc1Oc1ccc(Cl)cc1. The van der Waals surface area contributed by atoms with Gasteiger partial charge in [0, 0.05) is 18.3 Å². The highest BCUT2D eigenvalue weighted by Gasteiger charge is 2.31. The van der Waals surface area contributed by atoms with E-state index in [0.29, 0.717) is 41.9 Å². The monoisotopic (exact) mass is 483 g/mol. The van der Waals surface area contributed by atoms with Gasteiger partial charge in [0.25, 0.3) is 5.24 Å². The normalized spacial score (nSPS) is 15.3. The van der Waals surface area contributed by atoms with E-state index in [4.69, 9.17) is 21.1 Å². The van der Waals surface area contributed by atoms with Crippen molar-refractivity contribution in [2.45, 2.75) is 11.7 Å². The first kappa shape index (κ1) is 22.9. The van der Waals surface area contributed by atoms with E-state index in [-0.39, 0.29) is 16.4 Å². The number of halogens is 1. The molecule has 1 atom stereocenters. The lowest BCUT2D eigenvalue weighted by Crippen LogP contribution is -2.25. The third kappa shape index (κ3) is 6.18. The van der Waals surface area contributed by atoms with E-state index in [2.05, 4.69) is 10.3 Å². The van der Waals surface area contributed by atoms with Crippen molar-refractivity contribution in [2.75, 3.05) is 25.1 Å². The summed E-state index contributed by atoms with van der Waals surface area (Å²) in [7, 11) is 1.93. The van der Waals surface area contributed by atoms with Crippen LogP contribution in [0, 0.1) is 0 Å². The standard InChI is InChI=1S/C24H22ClN3O4S/c1-28(22-20(3-2-12-26-22)32-19-10-6-17(25)7-11-19)13-14-31-18-8-4-16(5-9-18)15-21-23(29)27-24(30)33-21/h2-12,21H,13-15H2,1H3,(H,27,29,30). The second-order valence-corrected chi connectivity index (χ2v) is 8.99. The summed E-state index contributed by atoms with van der Waals surface area (Å²) in [5.41, 5.74) is 0.972.